The van der Waals surface area contributed by atoms with Gasteiger partial charge in [0.15, 0.2) is 5.65 Å². The van der Waals surface area contributed by atoms with Gasteiger partial charge in [-0.25, -0.2) is 9.50 Å². The molecule has 0 bridgehead atoms. The summed E-state index contributed by atoms with van der Waals surface area (Å²) in [5.74, 6) is 0. The largest absolute Gasteiger partial charge is 0.235 e. The molecule has 0 aliphatic heterocycles. The van der Waals surface area contributed by atoms with Gasteiger partial charge in [0.2, 0.25) is 0 Å². The summed E-state index contributed by atoms with van der Waals surface area (Å²) in [6.07, 6.45) is 9.17. The van der Waals surface area contributed by atoms with E-state index in [1.807, 2.05) is 41.0 Å². The van der Waals surface area contributed by atoms with Crippen LogP contribution in [-0.2, 0) is 0 Å². The van der Waals surface area contributed by atoms with Gasteiger partial charge in [-0.3, -0.25) is 0 Å². The second kappa shape index (κ2) is 4.46. The molecule has 0 fully saturated rings. The monoisotopic (exact) mass is 259 g/mol. The van der Waals surface area contributed by atoms with Gasteiger partial charge in [-0.05, 0) is 24.1 Å². The first kappa shape index (κ1) is 11.2. The van der Waals surface area contributed by atoms with Gasteiger partial charge < -0.3 is 0 Å². The molecule has 0 atom stereocenters. The molecular weight excluding hydrogens is 246 g/mol. The molecular formula is C17H13N3. The lowest BCUT2D eigenvalue weighted by atomic mass is 10.1. The van der Waals surface area contributed by atoms with Crippen molar-refractivity contribution in [3.63, 3.8) is 0 Å². The maximum absolute atomic E-state index is 4.74. The number of imidazole rings is 1. The summed E-state index contributed by atoms with van der Waals surface area (Å²) in [5.41, 5.74) is 5.29. The predicted octanol–water partition coefficient (Wildman–Crippen LogP) is 3.74. The molecule has 0 unspecified atom stereocenters. The molecule has 2 heterocycles. The second-order valence-electron chi connectivity index (χ2n) is 4.82. The van der Waals surface area contributed by atoms with E-state index in [9.17, 15) is 0 Å². The van der Waals surface area contributed by atoms with E-state index in [0.717, 1.165) is 29.0 Å². The molecule has 1 aliphatic rings. The third-order valence-electron chi connectivity index (χ3n) is 3.53. The van der Waals surface area contributed by atoms with Gasteiger partial charge in [-0.2, -0.15) is 5.10 Å². The van der Waals surface area contributed by atoms with Crippen LogP contribution < -0.4 is 0 Å². The molecule has 20 heavy (non-hydrogen) atoms. The lowest BCUT2D eigenvalue weighted by molar-refractivity contribution is 0.925. The molecule has 0 saturated heterocycles. The Bertz CT molecular complexity index is 826. The summed E-state index contributed by atoms with van der Waals surface area (Å²) in [4.78, 5) is 4.43. The Morgan fingerprint density at radius 2 is 1.90 bits per heavy atom. The van der Waals surface area contributed by atoms with Crippen molar-refractivity contribution < 1.29 is 0 Å². The summed E-state index contributed by atoms with van der Waals surface area (Å²) < 4.78 is 1.92. The molecule has 3 aromatic rings. The summed E-state index contributed by atoms with van der Waals surface area (Å²) in [5, 5.41) is 4.74. The van der Waals surface area contributed by atoms with Crippen LogP contribution in [0.15, 0.2) is 66.9 Å². The Morgan fingerprint density at radius 3 is 2.70 bits per heavy atom. The van der Waals surface area contributed by atoms with E-state index in [4.69, 9.17) is 5.10 Å². The van der Waals surface area contributed by atoms with Crippen molar-refractivity contribution in [2.75, 3.05) is 0 Å². The smallest absolute Gasteiger partial charge is 0.154 e. The molecule has 0 amide bonds. The zero-order chi connectivity index (χ0) is 13.4. The molecule has 0 spiro atoms. The van der Waals surface area contributed by atoms with E-state index < -0.39 is 0 Å². The molecule has 0 saturated carbocycles. The number of allylic oxidation sites excluding steroid dienone is 4. The molecule has 1 aromatic carbocycles. The van der Waals surface area contributed by atoms with E-state index in [0.29, 0.717) is 0 Å². The quantitative estimate of drug-likeness (QED) is 0.701. The SMILES string of the molecule is C1=CCC(c2ccc3ncc(-c4ccccc4)n3n2)=C1. The van der Waals surface area contributed by atoms with Crippen molar-refractivity contribution in [2.24, 2.45) is 0 Å². The average Bonchev–Trinajstić information content (AvgIpc) is 3.17. The molecule has 2 aromatic heterocycles. The van der Waals surface area contributed by atoms with Crippen LogP contribution in [0.4, 0.5) is 0 Å². The summed E-state index contributed by atoms with van der Waals surface area (Å²) in [7, 11) is 0. The Labute approximate surface area is 116 Å². The number of nitrogens with zero attached hydrogens (tertiary/aromatic N) is 3. The average molecular weight is 259 g/mol. The van der Waals surface area contributed by atoms with Crippen molar-refractivity contribution >= 4 is 11.2 Å². The highest BCUT2D eigenvalue weighted by Gasteiger charge is 2.10. The first-order valence-corrected chi connectivity index (χ1v) is 6.68. The molecule has 3 heteroatoms. The molecule has 1 aliphatic carbocycles. The highest BCUT2D eigenvalue weighted by atomic mass is 15.3. The van der Waals surface area contributed by atoms with Gasteiger partial charge in [0.25, 0.3) is 0 Å². The van der Waals surface area contributed by atoms with Crippen LogP contribution in [0.25, 0.3) is 22.5 Å². The van der Waals surface area contributed by atoms with Gasteiger partial charge in [-0.1, -0.05) is 48.6 Å². The molecule has 4 rings (SSSR count). The Kier molecular flexibility index (Phi) is 2.49. The number of benzene rings is 1. The topological polar surface area (TPSA) is 30.2 Å². The fourth-order valence-electron chi connectivity index (χ4n) is 2.49. The predicted molar refractivity (Wildman–Crippen MR) is 80.2 cm³/mol. The highest BCUT2D eigenvalue weighted by molar-refractivity contribution is 5.70. The maximum atomic E-state index is 4.74. The zero-order valence-corrected chi connectivity index (χ0v) is 10.9. The Morgan fingerprint density at radius 1 is 1.00 bits per heavy atom. The molecule has 96 valence electrons. The summed E-state index contributed by atoms with van der Waals surface area (Å²) in [6, 6.07) is 14.3. The van der Waals surface area contributed by atoms with Gasteiger partial charge in [0.1, 0.15) is 0 Å². The summed E-state index contributed by atoms with van der Waals surface area (Å²) in [6.45, 7) is 0. The van der Waals surface area contributed by atoms with Gasteiger partial charge in [0.05, 0.1) is 17.6 Å². The third-order valence-corrected chi connectivity index (χ3v) is 3.53. The van der Waals surface area contributed by atoms with E-state index >= 15 is 0 Å². The van der Waals surface area contributed by atoms with Crippen molar-refractivity contribution in [2.45, 2.75) is 6.42 Å². The van der Waals surface area contributed by atoms with E-state index in [-0.39, 0.29) is 0 Å². The van der Waals surface area contributed by atoms with Crippen LogP contribution >= 0.6 is 0 Å². The molecule has 0 N–H and O–H groups in total. The normalized spacial score (nSPS) is 13.9. The fraction of sp³-hybridized carbons (Fsp3) is 0.0588. The first-order valence-electron chi connectivity index (χ1n) is 6.68. The van der Waals surface area contributed by atoms with Crippen LogP contribution in [0.3, 0.4) is 0 Å². The minimum absolute atomic E-state index is 0.874. The second-order valence-corrected chi connectivity index (χ2v) is 4.82. The van der Waals surface area contributed by atoms with Crippen molar-refractivity contribution in [1.29, 1.82) is 0 Å². The highest BCUT2D eigenvalue weighted by Crippen LogP contribution is 2.24. The van der Waals surface area contributed by atoms with Gasteiger partial charge in [-0.15, -0.1) is 0 Å². The van der Waals surface area contributed by atoms with Crippen LogP contribution in [-0.4, -0.2) is 14.6 Å². The van der Waals surface area contributed by atoms with Gasteiger partial charge >= 0.3 is 0 Å². The molecule has 3 nitrogen and oxygen atoms in total. The Hall–Kier alpha value is -2.68. The van der Waals surface area contributed by atoms with Crippen molar-refractivity contribution in [3.8, 4) is 11.3 Å². The lowest BCUT2D eigenvalue weighted by Gasteiger charge is -2.05. The standard InChI is InChI=1S/C17H13N3/c1-2-8-14(9-3-1)16-12-18-17-11-10-15(19-20(16)17)13-6-4-5-7-13/h1-6,8-12H,7H2. The minimum atomic E-state index is 0.874. The zero-order valence-electron chi connectivity index (χ0n) is 10.9. The van der Waals surface area contributed by atoms with E-state index in [2.05, 4.69) is 35.3 Å². The first-order chi connectivity index (χ1) is 9.92. The van der Waals surface area contributed by atoms with Crippen LogP contribution in [0.2, 0.25) is 0 Å². The Balaban J connectivity index is 1.88. The molecule has 0 radical (unpaired) electrons. The number of hydrogen-bond acceptors (Lipinski definition) is 2. The van der Waals surface area contributed by atoms with Crippen LogP contribution in [0.5, 0.6) is 0 Å². The maximum Gasteiger partial charge on any atom is 0.154 e. The van der Waals surface area contributed by atoms with Crippen LogP contribution in [0, 0.1) is 0 Å². The third kappa shape index (κ3) is 1.75. The number of aromatic nitrogens is 3. The number of hydrogen-bond donors (Lipinski definition) is 0. The van der Waals surface area contributed by atoms with Crippen LogP contribution in [0.1, 0.15) is 12.1 Å². The number of fused-ring (bicyclic) bond motifs is 1. The fourth-order valence-corrected chi connectivity index (χ4v) is 2.49. The van der Waals surface area contributed by atoms with E-state index in [1.54, 1.807) is 0 Å². The number of rotatable bonds is 2. The lowest BCUT2D eigenvalue weighted by Crippen LogP contribution is -1.98. The minimum Gasteiger partial charge on any atom is -0.235 e. The van der Waals surface area contributed by atoms with Crippen molar-refractivity contribution in [3.05, 3.63) is 72.6 Å². The van der Waals surface area contributed by atoms with Crippen molar-refractivity contribution in [1.82, 2.24) is 14.6 Å². The summed E-state index contributed by atoms with van der Waals surface area (Å²) >= 11 is 0. The van der Waals surface area contributed by atoms with Gasteiger partial charge in [0, 0.05) is 5.56 Å². The van der Waals surface area contributed by atoms with E-state index in [1.165, 1.54) is 5.57 Å².